The molecule has 1 aromatic rings. The molecule has 0 fully saturated rings. The highest BCUT2D eigenvalue weighted by Crippen LogP contribution is 2.25. The van der Waals surface area contributed by atoms with E-state index < -0.39 is 0 Å². The SMILES string of the molecule is CCC(N)C(c1cccc(C)c1)N(C)CCC(C)C. The van der Waals surface area contributed by atoms with Gasteiger partial charge in [-0.25, -0.2) is 0 Å². The van der Waals surface area contributed by atoms with Crippen LogP contribution in [0.4, 0.5) is 0 Å². The summed E-state index contributed by atoms with van der Waals surface area (Å²) >= 11 is 0. The number of benzene rings is 1. The molecule has 108 valence electrons. The first-order valence-corrected chi connectivity index (χ1v) is 7.48. The summed E-state index contributed by atoms with van der Waals surface area (Å²) in [5, 5.41) is 0. The van der Waals surface area contributed by atoms with Gasteiger partial charge >= 0.3 is 0 Å². The molecule has 2 atom stereocenters. The van der Waals surface area contributed by atoms with Crippen LogP contribution < -0.4 is 5.73 Å². The van der Waals surface area contributed by atoms with Gasteiger partial charge in [0.25, 0.3) is 0 Å². The summed E-state index contributed by atoms with van der Waals surface area (Å²) < 4.78 is 0. The fourth-order valence-corrected chi connectivity index (χ4v) is 2.51. The Kier molecular flexibility index (Phi) is 6.53. The van der Waals surface area contributed by atoms with E-state index in [9.17, 15) is 0 Å². The lowest BCUT2D eigenvalue weighted by molar-refractivity contribution is 0.199. The highest BCUT2D eigenvalue weighted by atomic mass is 15.1. The van der Waals surface area contributed by atoms with Gasteiger partial charge in [0.1, 0.15) is 0 Å². The molecule has 2 unspecified atom stereocenters. The van der Waals surface area contributed by atoms with E-state index in [-0.39, 0.29) is 6.04 Å². The molecule has 1 aromatic carbocycles. The Balaban J connectivity index is 2.88. The van der Waals surface area contributed by atoms with Crippen LogP contribution >= 0.6 is 0 Å². The maximum atomic E-state index is 6.36. The number of aryl methyl sites for hydroxylation is 1. The second kappa shape index (κ2) is 7.66. The van der Waals surface area contributed by atoms with E-state index in [1.165, 1.54) is 17.5 Å². The average molecular weight is 262 g/mol. The molecule has 0 aromatic heterocycles. The van der Waals surface area contributed by atoms with Gasteiger partial charge in [0, 0.05) is 12.1 Å². The normalized spacial score (nSPS) is 14.9. The van der Waals surface area contributed by atoms with E-state index in [1.54, 1.807) is 0 Å². The van der Waals surface area contributed by atoms with Crippen molar-refractivity contribution in [2.75, 3.05) is 13.6 Å². The Morgan fingerprint density at radius 3 is 2.47 bits per heavy atom. The van der Waals surface area contributed by atoms with Crippen molar-refractivity contribution in [3.05, 3.63) is 35.4 Å². The summed E-state index contributed by atoms with van der Waals surface area (Å²) in [5.74, 6) is 0.735. The van der Waals surface area contributed by atoms with Crippen LogP contribution in [0, 0.1) is 12.8 Å². The fraction of sp³-hybridized carbons (Fsp3) is 0.647. The minimum Gasteiger partial charge on any atom is -0.326 e. The zero-order valence-corrected chi connectivity index (χ0v) is 13.2. The van der Waals surface area contributed by atoms with E-state index in [0.29, 0.717) is 6.04 Å². The maximum Gasteiger partial charge on any atom is 0.0496 e. The van der Waals surface area contributed by atoms with Crippen molar-refractivity contribution < 1.29 is 0 Å². The topological polar surface area (TPSA) is 29.3 Å². The Morgan fingerprint density at radius 1 is 1.26 bits per heavy atom. The Labute approximate surface area is 119 Å². The van der Waals surface area contributed by atoms with Gasteiger partial charge in [-0.3, -0.25) is 4.90 Å². The van der Waals surface area contributed by atoms with E-state index in [1.807, 2.05) is 0 Å². The summed E-state index contributed by atoms with van der Waals surface area (Å²) in [6, 6.07) is 9.27. The van der Waals surface area contributed by atoms with Gasteiger partial charge in [0.2, 0.25) is 0 Å². The van der Waals surface area contributed by atoms with Crippen molar-refractivity contribution in [2.24, 2.45) is 11.7 Å². The highest BCUT2D eigenvalue weighted by molar-refractivity contribution is 5.26. The smallest absolute Gasteiger partial charge is 0.0496 e. The van der Waals surface area contributed by atoms with E-state index in [4.69, 9.17) is 5.73 Å². The molecular weight excluding hydrogens is 232 g/mol. The average Bonchev–Trinajstić information content (AvgIpc) is 2.36. The van der Waals surface area contributed by atoms with Crippen molar-refractivity contribution in [1.82, 2.24) is 4.90 Å². The van der Waals surface area contributed by atoms with Gasteiger partial charge < -0.3 is 5.73 Å². The molecule has 0 radical (unpaired) electrons. The molecule has 19 heavy (non-hydrogen) atoms. The molecule has 1 rings (SSSR count). The van der Waals surface area contributed by atoms with E-state index in [0.717, 1.165) is 18.9 Å². The number of hydrogen-bond acceptors (Lipinski definition) is 2. The molecule has 0 aliphatic heterocycles. The summed E-state index contributed by atoms with van der Waals surface area (Å²) in [6.45, 7) is 9.96. The molecule has 0 saturated heterocycles. The number of nitrogens with zero attached hydrogens (tertiary/aromatic N) is 1. The van der Waals surface area contributed by atoms with Crippen LogP contribution in [0.2, 0.25) is 0 Å². The maximum absolute atomic E-state index is 6.36. The molecule has 0 spiro atoms. The molecule has 0 bridgehead atoms. The second-order valence-electron chi connectivity index (χ2n) is 6.09. The summed E-state index contributed by atoms with van der Waals surface area (Å²) in [4.78, 5) is 2.42. The van der Waals surface area contributed by atoms with Gasteiger partial charge in [-0.1, -0.05) is 50.6 Å². The van der Waals surface area contributed by atoms with Gasteiger partial charge in [0.15, 0.2) is 0 Å². The molecule has 2 N–H and O–H groups in total. The number of rotatable bonds is 7. The fourth-order valence-electron chi connectivity index (χ4n) is 2.51. The van der Waals surface area contributed by atoms with Crippen molar-refractivity contribution in [3.8, 4) is 0 Å². The third kappa shape index (κ3) is 4.96. The van der Waals surface area contributed by atoms with Gasteiger partial charge in [-0.15, -0.1) is 0 Å². The molecular formula is C17H30N2. The largest absolute Gasteiger partial charge is 0.326 e. The zero-order valence-electron chi connectivity index (χ0n) is 13.2. The molecule has 0 amide bonds. The second-order valence-corrected chi connectivity index (χ2v) is 6.09. The van der Waals surface area contributed by atoms with Crippen molar-refractivity contribution in [1.29, 1.82) is 0 Å². The van der Waals surface area contributed by atoms with Crippen molar-refractivity contribution in [3.63, 3.8) is 0 Å². The van der Waals surface area contributed by atoms with Gasteiger partial charge in [-0.05, 0) is 44.8 Å². The molecule has 0 heterocycles. The van der Waals surface area contributed by atoms with Crippen LogP contribution in [0.1, 0.15) is 50.8 Å². The van der Waals surface area contributed by atoms with Crippen LogP contribution in [0.15, 0.2) is 24.3 Å². The lowest BCUT2D eigenvalue weighted by atomic mass is 9.95. The minimum atomic E-state index is 0.193. The van der Waals surface area contributed by atoms with Crippen molar-refractivity contribution >= 4 is 0 Å². The van der Waals surface area contributed by atoms with Crippen LogP contribution in [-0.2, 0) is 0 Å². The van der Waals surface area contributed by atoms with E-state index >= 15 is 0 Å². The standard InChI is InChI=1S/C17H30N2/c1-6-16(18)17(19(5)11-10-13(2)3)15-9-7-8-14(4)12-15/h7-9,12-13,16-17H,6,10-11,18H2,1-5H3. The van der Waals surface area contributed by atoms with Gasteiger partial charge in [-0.2, -0.15) is 0 Å². The first-order valence-electron chi connectivity index (χ1n) is 7.48. The molecule has 0 aliphatic rings. The Bertz CT molecular complexity index is 373. The third-order valence-electron chi connectivity index (χ3n) is 3.79. The zero-order chi connectivity index (χ0) is 14.4. The number of hydrogen-bond donors (Lipinski definition) is 1. The van der Waals surface area contributed by atoms with Crippen LogP contribution in [-0.4, -0.2) is 24.5 Å². The number of likely N-dealkylation sites (N-methyl/N-ethyl adjacent to an activating group) is 1. The monoisotopic (exact) mass is 262 g/mol. The minimum absolute atomic E-state index is 0.193. The van der Waals surface area contributed by atoms with Crippen molar-refractivity contribution in [2.45, 2.75) is 52.6 Å². The predicted octanol–water partition coefficient (Wildman–Crippen LogP) is 3.75. The van der Waals surface area contributed by atoms with Crippen LogP contribution in [0.5, 0.6) is 0 Å². The summed E-state index contributed by atoms with van der Waals surface area (Å²) in [7, 11) is 2.20. The molecule has 0 aliphatic carbocycles. The quantitative estimate of drug-likeness (QED) is 0.811. The lowest BCUT2D eigenvalue weighted by Crippen LogP contribution is -2.39. The summed E-state index contributed by atoms with van der Waals surface area (Å²) in [6.07, 6.45) is 2.22. The number of nitrogens with two attached hydrogens (primary N) is 1. The van der Waals surface area contributed by atoms with Gasteiger partial charge in [0.05, 0.1) is 0 Å². The van der Waals surface area contributed by atoms with Crippen LogP contribution in [0.25, 0.3) is 0 Å². The lowest BCUT2D eigenvalue weighted by Gasteiger charge is -2.33. The van der Waals surface area contributed by atoms with Crippen LogP contribution in [0.3, 0.4) is 0 Å². The molecule has 2 nitrogen and oxygen atoms in total. The first kappa shape index (κ1) is 16.2. The first-order chi connectivity index (χ1) is 8.95. The predicted molar refractivity (Wildman–Crippen MR) is 84.3 cm³/mol. The molecule has 0 saturated carbocycles. The third-order valence-corrected chi connectivity index (χ3v) is 3.79. The highest BCUT2D eigenvalue weighted by Gasteiger charge is 2.23. The molecule has 2 heteroatoms. The summed E-state index contributed by atoms with van der Waals surface area (Å²) in [5.41, 5.74) is 9.02. The Morgan fingerprint density at radius 2 is 1.95 bits per heavy atom. The van der Waals surface area contributed by atoms with E-state index in [2.05, 4.69) is 63.9 Å². The Hall–Kier alpha value is -0.860.